The summed E-state index contributed by atoms with van der Waals surface area (Å²) in [6, 6.07) is 13.1. The Morgan fingerprint density at radius 2 is 1.93 bits per heavy atom. The number of hydrogen-bond donors (Lipinski definition) is 1. The minimum Gasteiger partial charge on any atom is -0.496 e. The second kappa shape index (κ2) is 8.41. The minimum absolute atomic E-state index is 0.208. The Morgan fingerprint density at radius 3 is 2.64 bits per heavy atom. The molecule has 4 rings (SSSR count). The summed E-state index contributed by atoms with van der Waals surface area (Å²) in [5.74, 6) is 1.20. The lowest BCUT2D eigenvalue weighted by molar-refractivity contribution is 0.102. The normalized spacial score (nSPS) is 17.4. The summed E-state index contributed by atoms with van der Waals surface area (Å²) < 4.78 is 5.29. The highest BCUT2D eigenvalue weighted by molar-refractivity contribution is 6.31. The number of hydrogen-bond acceptors (Lipinski definition) is 4. The lowest BCUT2D eigenvalue weighted by atomic mass is 10.1. The van der Waals surface area contributed by atoms with Crippen molar-refractivity contribution in [1.29, 1.82) is 0 Å². The van der Waals surface area contributed by atoms with E-state index in [2.05, 4.69) is 21.2 Å². The van der Waals surface area contributed by atoms with Gasteiger partial charge in [0.05, 0.1) is 12.7 Å². The molecule has 2 aromatic carbocycles. The zero-order chi connectivity index (χ0) is 19.5. The number of nitrogens with one attached hydrogen (secondary N) is 1. The maximum absolute atomic E-state index is 12.7. The van der Waals surface area contributed by atoms with Gasteiger partial charge in [0.1, 0.15) is 5.75 Å². The summed E-state index contributed by atoms with van der Waals surface area (Å²) >= 11 is 5.99. The van der Waals surface area contributed by atoms with Gasteiger partial charge in [0.15, 0.2) is 0 Å². The third-order valence-corrected chi connectivity index (χ3v) is 5.70. The molecule has 148 valence electrons. The van der Waals surface area contributed by atoms with Gasteiger partial charge in [-0.1, -0.05) is 17.7 Å². The Morgan fingerprint density at radius 1 is 1.14 bits per heavy atom. The first-order valence-electron chi connectivity index (χ1n) is 9.84. The van der Waals surface area contributed by atoms with Gasteiger partial charge in [-0.3, -0.25) is 9.69 Å². The molecule has 6 heteroatoms. The first-order chi connectivity index (χ1) is 13.6. The van der Waals surface area contributed by atoms with Crippen molar-refractivity contribution in [3.63, 3.8) is 0 Å². The van der Waals surface area contributed by atoms with Crippen molar-refractivity contribution in [1.82, 2.24) is 4.90 Å². The number of benzene rings is 2. The molecule has 2 fully saturated rings. The molecule has 1 N–H and O–H groups in total. The van der Waals surface area contributed by atoms with Gasteiger partial charge in [0.2, 0.25) is 0 Å². The lowest BCUT2D eigenvalue weighted by Gasteiger charge is -2.36. The van der Waals surface area contributed by atoms with E-state index in [0.29, 0.717) is 16.3 Å². The number of rotatable bonds is 6. The van der Waals surface area contributed by atoms with Gasteiger partial charge < -0.3 is 15.0 Å². The van der Waals surface area contributed by atoms with E-state index in [1.807, 2.05) is 18.2 Å². The largest absolute Gasteiger partial charge is 0.496 e. The highest BCUT2D eigenvalue weighted by Crippen LogP contribution is 2.30. The molecule has 1 heterocycles. The van der Waals surface area contributed by atoms with Crippen molar-refractivity contribution < 1.29 is 9.53 Å². The summed E-state index contributed by atoms with van der Waals surface area (Å²) in [6.45, 7) is 5.52. The number of amides is 1. The van der Waals surface area contributed by atoms with Crippen molar-refractivity contribution >= 4 is 28.9 Å². The van der Waals surface area contributed by atoms with Gasteiger partial charge in [-0.15, -0.1) is 0 Å². The van der Waals surface area contributed by atoms with Gasteiger partial charge in [0, 0.05) is 49.1 Å². The Labute approximate surface area is 171 Å². The van der Waals surface area contributed by atoms with E-state index in [9.17, 15) is 4.79 Å². The Kier molecular flexibility index (Phi) is 5.74. The van der Waals surface area contributed by atoms with Gasteiger partial charge in [-0.05, 0) is 55.2 Å². The number of anilines is 2. The monoisotopic (exact) mass is 399 g/mol. The zero-order valence-electron chi connectivity index (χ0n) is 16.2. The number of nitrogens with zero attached hydrogens (tertiary/aromatic N) is 2. The Balaban J connectivity index is 1.40. The zero-order valence-corrected chi connectivity index (χ0v) is 16.9. The number of carbonyl (C=O) groups excluding carboxylic acids is 1. The first kappa shape index (κ1) is 19.1. The second-order valence-corrected chi connectivity index (χ2v) is 8.02. The van der Waals surface area contributed by atoms with Crippen molar-refractivity contribution in [3.05, 3.63) is 53.1 Å². The highest BCUT2D eigenvalue weighted by atomic mass is 35.5. The van der Waals surface area contributed by atoms with E-state index in [4.69, 9.17) is 16.3 Å². The molecule has 0 unspecified atom stereocenters. The van der Waals surface area contributed by atoms with Crippen LogP contribution in [0, 0.1) is 5.92 Å². The number of ether oxygens (including phenoxy) is 1. The molecular formula is C22H26ClN3O2. The molecule has 0 atom stereocenters. The van der Waals surface area contributed by atoms with Crippen molar-refractivity contribution in [2.24, 2.45) is 5.92 Å². The molecule has 0 bridgehead atoms. The number of methoxy groups -OCH3 is 1. The molecule has 1 saturated carbocycles. The van der Waals surface area contributed by atoms with Crippen LogP contribution in [0.5, 0.6) is 5.75 Å². The summed E-state index contributed by atoms with van der Waals surface area (Å²) in [5, 5.41) is 3.51. The topological polar surface area (TPSA) is 44.8 Å². The maximum atomic E-state index is 12.7. The van der Waals surface area contributed by atoms with Crippen LogP contribution < -0.4 is 15.0 Å². The fourth-order valence-electron chi connectivity index (χ4n) is 3.69. The average molecular weight is 400 g/mol. The molecule has 1 aliphatic heterocycles. The molecule has 0 aromatic heterocycles. The summed E-state index contributed by atoms with van der Waals surface area (Å²) in [6.07, 6.45) is 2.81. The molecule has 1 saturated heterocycles. The molecule has 2 aromatic rings. The fourth-order valence-corrected chi connectivity index (χ4v) is 3.85. The SMILES string of the molecule is COc1cc(Cl)ccc1C(=O)Nc1cccc(N2CCN(CC3CC3)CC2)c1. The van der Waals surface area contributed by atoms with Crippen LogP contribution in [-0.2, 0) is 0 Å². The Bertz CT molecular complexity index is 845. The van der Waals surface area contributed by atoms with Crippen LogP contribution in [0.4, 0.5) is 11.4 Å². The molecular weight excluding hydrogens is 374 g/mol. The molecule has 1 amide bonds. The summed E-state index contributed by atoms with van der Waals surface area (Å²) in [5.41, 5.74) is 2.39. The summed E-state index contributed by atoms with van der Waals surface area (Å²) in [4.78, 5) is 17.7. The molecule has 1 aliphatic carbocycles. The van der Waals surface area contributed by atoms with E-state index < -0.39 is 0 Å². The summed E-state index contributed by atoms with van der Waals surface area (Å²) in [7, 11) is 1.53. The van der Waals surface area contributed by atoms with Gasteiger partial charge in [-0.2, -0.15) is 0 Å². The van der Waals surface area contributed by atoms with Crippen LogP contribution in [0.1, 0.15) is 23.2 Å². The van der Waals surface area contributed by atoms with Crippen LogP contribution in [0.3, 0.4) is 0 Å². The van der Waals surface area contributed by atoms with Crippen molar-refractivity contribution in [2.45, 2.75) is 12.8 Å². The van der Waals surface area contributed by atoms with Gasteiger partial charge in [0.25, 0.3) is 5.91 Å². The van der Waals surface area contributed by atoms with Crippen LogP contribution in [0.2, 0.25) is 5.02 Å². The quantitative estimate of drug-likeness (QED) is 0.793. The minimum atomic E-state index is -0.208. The third-order valence-electron chi connectivity index (χ3n) is 5.46. The average Bonchev–Trinajstić information content (AvgIpc) is 3.52. The van der Waals surface area contributed by atoms with Gasteiger partial charge in [-0.25, -0.2) is 0 Å². The number of carbonyl (C=O) groups is 1. The van der Waals surface area contributed by atoms with Gasteiger partial charge >= 0.3 is 0 Å². The predicted molar refractivity (Wildman–Crippen MR) is 114 cm³/mol. The maximum Gasteiger partial charge on any atom is 0.259 e. The third kappa shape index (κ3) is 4.59. The van der Waals surface area contributed by atoms with Crippen LogP contribution >= 0.6 is 11.6 Å². The Hall–Kier alpha value is -2.24. The first-order valence-corrected chi connectivity index (χ1v) is 10.2. The predicted octanol–water partition coefficient (Wildman–Crippen LogP) is 4.13. The molecule has 5 nitrogen and oxygen atoms in total. The van der Waals surface area contributed by atoms with Crippen LogP contribution in [-0.4, -0.2) is 50.6 Å². The molecule has 28 heavy (non-hydrogen) atoms. The smallest absolute Gasteiger partial charge is 0.259 e. The van der Waals surface area contributed by atoms with E-state index in [1.54, 1.807) is 18.2 Å². The fraction of sp³-hybridized carbons (Fsp3) is 0.409. The van der Waals surface area contributed by atoms with E-state index >= 15 is 0 Å². The highest BCUT2D eigenvalue weighted by Gasteiger charge is 2.26. The number of piperazine rings is 1. The molecule has 2 aliphatic rings. The lowest BCUT2D eigenvalue weighted by Crippen LogP contribution is -2.47. The van der Waals surface area contributed by atoms with Crippen molar-refractivity contribution in [3.8, 4) is 5.75 Å². The van der Waals surface area contributed by atoms with E-state index in [1.165, 1.54) is 26.5 Å². The second-order valence-electron chi connectivity index (χ2n) is 7.58. The van der Waals surface area contributed by atoms with E-state index in [-0.39, 0.29) is 5.91 Å². The molecule has 0 radical (unpaired) electrons. The number of halogens is 1. The van der Waals surface area contributed by atoms with Crippen LogP contribution in [0.25, 0.3) is 0 Å². The van der Waals surface area contributed by atoms with Crippen molar-refractivity contribution in [2.75, 3.05) is 50.1 Å². The van der Waals surface area contributed by atoms with Crippen LogP contribution in [0.15, 0.2) is 42.5 Å². The standard InChI is InChI=1S/C22H26ClN3O2/c1-28-21-13-17(23)7-8-20(21)22(27)24-18-3-2-4-19(14-18)26-11-9-25(10-12-26)15-16-5-6-16/h2-4,7-8,13-14,16H,5-6,9-12,15H2,1H3,(H,24,27). The molecule has 0 spiro atoms. The van der Waals surface area contributed by atoms with E-state index in [0.717, 1.165) is 43.5 Å².